The molecule has 1 aliphatic heterocycles. The molecule has 37 valence electrons. The minimum atomic E-state index is 0.810. The fourth-order valence-electron chi connectivity index (χ4n) is 0.359. The summed E-state index contributed by atoms with van der Waals surface area (Å²) in [6.07, 6.45) is 1.68. The molecule has 0 aromatic carbocycles. The smallest absolute Gasteiger partial charge is 0.126 e. The lowest BCUT2D eigenvalue weighted by atomic mass is 10.7. The summed E-state index contributed by atoms with van der Waals surface area (Å²) in [4.78, 5) is 3.92. The molecular formula is C4H4BrN2. The Bertz CT molecular complexity index is 137. The standard InChI is InChI=1S/C4H4BrN2/c1-3-6-2-4(5)7-3/h2H,1H3. The molecule has 0 atom stereocenters. The van der Waals surface area contributed by atoms with E-state index in [2.05, 4.69) is 26.2 Å². The topological polar surface area (TPSA) is 26.5 Å². The Morgan fingerprint density at radius 2 is 2.43 bits per heavy atom. The number of amidine groups is 1. The maximum Gasteiger partial charge on any atom is 0.126 e. The van der Waals surface area contributed by atoms with Crippen LogP contribution in [0.3, 0.4) is 0 Å². The molecule has 3 heteroatoms. The zero-order chi connectivity index (χ0) is 5.28. The van der Waals surface area contributed by atoms with Gasteiger partial charge in [0.1, 0.15) is 10.4 Å². The third-order valence-corrected chi connectivity index (χ3v) is 1.01. The van der Waals surface area contributed by atoms with Crippen molar-refractivity contribution in [1.82, 2.24) is 5.32 Å². The Kier molecular flexibility index (Phi) is 1.15. The highest BCUT2D eigenvalue weighted by atomic mass is 79.9. The zero-order valence-corrected chi connectivity index (χ0v) is 5.44. The lowest BCUT2D eigenvalue weighted by Crippen LogP contribution is -1.97. The van der Waals surface area contributed by atoms with Crippen molar-refractivity contribution in [2.24, 2.45) is 4.99 Å². The van der Waals surface area contributed by atoms with Crippen molar-refractivity contribution in [2.45, 2.75) is 6.92 Å². The molecule has 1 radical (unpaired) electrons. The van der Waals surface area contributed by atoms with Gasteiger partial charge in [0.2, 0.25) is 0 Å². The van der Waals surface area contributed by atoms with E-state index in [9.17, 15) is 0 Å². The van der Waals surface area contributed by atoms with Gasteiger partial charge < -0.3 is 0 Å². The Morgan fingerprint density at radius 1 is 1.71 bits per heavy atom. The molecule has 0 bridgehead atoms. The third-order valence-electron chi connectivity index (χ3n) is 0.627. The minimum Gasteiger partial charge on any atom is -0.239 e. The van der Waals surface area contributed by atoms with Gasteiger partial charge in [0, 0.05) is 0 Å². The van der Waals surface area contributed by atoms with Gasteiger partial charge in [-0.2, -0.15) is 0 Å². The summed E-state index contributed by atoms with van der Waals surface area (Å²) >= 11 is 3.16. The van der Waals surface area contributed by atoms with E-state index in [1.54, 1.807) is 6.20 Å². The highest BCUT2D eigenvalue weighted by molar-refractivity contribution is 9.11. The molecule has 1 aliphatic rings. The molecule has 1 heterocycles. The highest BCUT2D eigenvalue weighted by Crippen LogP contribution is 2.09. The van der Waals surface area contributed by atoms with Crippen LogP contribution in [-0.4, -0.2) is 5.84 Å². The van der Waals surface area contributed by atoms with Gasteiger partial charge in [-0.15, -0.1) is 0 Å². The maximum atomic E-state index is 3.92. The lowest BCUT2D eigenvalue weighted by molar-refractivity contribution is 1.28. The van der Waals surface area contributed by atoms with E-state index in [1.165, 1.54) is 0 Å². The minimum absolute atomic E-state index is 0.810. The molecule has 2 nitrogen and oxygen atoms in total. The zero-order valence-electron chi connectivity index (χ0n) is 3.85. The molecule has 7 heavy (non-hydrogen) atoms. The second kappa shape index (κ2) is 1.66. The molecule has 1 rings (SSSR count). The normalized spacial score (nSPS) is 18.0. The summed E-state index contributed by atoms with van der Waals surface area (Å²) in [7, 11) is 0. The van der Waals surface area contributed by atoms with Gasteiger partial charge >= 0.3 is 0 Å². The number of halogens is 1. The fraction of sp³-hybridized carbons (Fsp3) is 0.250. The Labute approximate surface area is 50.5 Å². The Hall–Kier alpha value is -0.310. The van der Waals surface area contributed by atoms with Crippen LogP contribution >= 0.6 is 15.9 Å². The monoisotopic (exact) mass is 159 g/mol. The van der Waals surface area contributed by atoms with Crippen molar-refractivity contribution in [2.75, 3.05) is 0 Å². The van der Waals surface area contributed by atoms with E-state index in [1.807, 2.05) is 6.92 Å². The van der Waals surface area contributed by atoms with E-state index in [4.69, 9.17) is 0 Å². The van der Waals surface area contributed by atoms with Gasteiger partial charge in [-0.3, -0.25) is 0 Å². The molecule has 0 saturated heterocycles. The number of hydrogen-bond donors (Lipinski definition) is 0. The fourth-order valence-corrected chi connectivity index (χ4v) is 0.718. The predicted octanol–water partition coefficient (Wildman–Crippen LogP) is 1.22. The van der Waals surface area contributed by atoms with Crippen LogP contribution in [-0.2, 0) is 0 Å². The van der Waals surface area contributed by atoms with Crippen LogP contribution in [0.4, 0.5) is 0 Å². The van der Waals surface area contributed by atoms with Crippen molar-refractivity contribution in [3.8, 4) is 0 Å². The average Bonchev–Trinajstić information content (AvgIpc) is 1.87. The third kappa shape index (κ3) is 1.03. The number of hydrogen-bond acceptors (Lipinski definition) is 1. The second-order valence-electron chi connectivity index (χ2n) is 1.24. The van der Waals surface area contributed by atoms with Gasteiger partial charge in [0.05, 0.1) is 6.20 Å². The molecular weight excluding hydrogens is 156 g/mol. The van der Waals surface area contributed by atoms with Crippen LogP contribution in [0.1, 0.15) is 6.92 Å². The van der Waals surface area contributed by atoms with Crippen LogP contribution in [0.15, 0.2) is 15.8 Å². The molecule has 0 amide bonds. The van der Waals surface area contributed by atoms with Crippen molar-refractivity contribution < 1.29 is 0 Å². The summed E-state index contributed by atoms with van der Waals surface area (Å²) in [5, 5.41) is 3.86. The number of rotatable bonds is 0. The van der Waals surface area contributed by atoms with Gasteiger partial charge in [0.15, 0.2) is 0 Å². The van der Waals surface area contributed by atoms with Gasteiger partial charge in [0.25, 0.3) is 0 Å². The van der Waals surface area contributed by atoms with E-state index in [0.717, 1.165) is 10.4 Å². The van der Waals surface area contributed by atoms with Crippen LogP contribution in [0.2, 0.25) is 0 Å². The first-order chi connectivity index (χ1) is 3.29. The van der Waals surface area contributed by atoms with Crippen molar-refractivity contribution in [1.29, 1.82) is 0 Å². The average molecular weight is 160 g/mol. The molecule has 0 aliphatic carbocycles. The molecule has 0 saturated carbocycles. The summed E-state index contributed by atoms with van der Waals surface area (Å²) in [6.45, 7) is 1.85. The Balaban J connectivity index is 2.69. The van der Waals surface area contributed by atoms with E-state index in [-0.39, 0.29) is 0 Å². The first-order valence-electron chi connectivity index (χ1n) is 1.91. The van der Waals surface area contributed by atoms with Crippen molar-refractivity contribution in [3.05, 3.63) is 10.8 Å². The summed E-state index contributed by atoms with van der Waals surface area (Å²) in [5.41, 5.74) is 0. The van der Waals surface area contributed by atoms with Gasteiger partial charge in [-0.1, -0.05) is 0 Å². The van der Waals surface area contributed by atoms with E-state index >= 15 is 0 Å². The van der Waals surface area contributed by atoms with Gasteiger partial charge in [-0.25, -0.2) is 10.3 Å². The second-order valence-corrected chi connectivity index (χ2v) is 2.05. The Morgan fingerprint density at radius 3 is 2.57 bits per heavy atom. The van der Waals surface area contributed by atoms with Crippen LogP contribution in [0.25, 0.3) is 0 Å². The van der Waals surface area contributed by atoms with Gasteiger partial charge in [-0.05, 0) is 22.9 Å². The highest BCUT2D eigenvalue weighted by Gasteiger charge is 1.98. The van der Waals surface area contributed by atoms with Crippen LogP contribution < -0.4 is 5.32 Å². The SMILES string of the molecule is CC1=NC(Br)=C[N]1. The largest absolute Gasteiger partial charge is 0.239 e. The molecule has 0 N–H and O–H groups in total. The molecule has 0 fully saturated rings. The first kappa shape index (κ1) is 4.84. The quantitative estimate of drug-likeness (QED) is 0.476. The van der Waals surface area contributed by atoms with Crippen molar-refractivity contribution in [3.63, 3.8) is 0 Å². The number of aliphatic imine (C=N–C) groups is 1. The number of nitrogens with zero attached hydrogens (tertiary/aromatic N) is 2. The predicted molar refractivity (Wildman–Crippen MR) is 32.3 cm³/mol. The lowest BCUT2D eigenvalue weighted by Gasteiger charge is -1.78. The summed E-state index contributed by atoms with van der Waals surface area (Å²) < 4.78 is 0.810. The summed E-state index contributed by atoms with van der Waals surface area (Å²) in [5.74, 6) is 0.812. The van der Waals surface area contributed by atoms with E-state index in [0.29, 0.717) is 0 Å². The van der Waals surface area contributed by atoms with Crippen molar-refractivity contribution >= 4 is 21.8 Å². The van der Waals surface area contributed by atoms with Crippen LogP contribution in [0.5, 0.6) is 0 Å². The summed E-state index contributed by atoms with van der Waals surface area (Å²) in [6, 6.07) is 0. The molecule has 0 aromatic rings. The molecule has 0 unspecified atom stereocenters. The molecule has 0 spiro atoms. The maximum absolute atomic E-state index is 3.92. The molecule has 0 aromatic heterocycles. The van der Waals surface area contributed by atoms with Crippen LogP contribution in [0, 0.1) is 0 Å². The van der Waals surface area contributed by atoms with E-state index < -0.39 is 0 Å². The first-order valence-corrected chi connectivity index (χ1v) is 2.70.